The quantitative estimate of drug-likeness (QED) is 0.852. The van der Waals surface area contributed by atoms with Gasteiger partial charge in [0.25, 0.3) is 0 Å². The minimum atomic E-state index is 0.127. The van der Waals surface area contributed by atoms with E-state index in [1.807, 2.05) is 6.07 Å². The molecule has 0 unspecified atom stereocenters. The normalized spacial score (nSPS) is 18.1. The van der Waals surface area contributed by atoms with Gasteiger partial charge in [-0.15, -0.1) is 0 Å². The number of hydrogen-bond donors (Lipinski definition) is 1. The Morgan fingerprint density at radius 3 is 2.61 bits per heavy atom. The maximum absolute atomic E-state index is 5.68. The number of benzene rings is 1. The van der Waals surface area contributed by atoms with Crippen molar-refractivity contribution in [2.45, 2.75) is 24.9 Å². The summed E-state index contributed by atoms with van der Waals surface area (Å²) in [5.74, 6) is 0.984. The molecule has 0 saturated carbocycles. The summed E-state index contributed by atoms with van der Waals surface area (Å²) in [5.41, 5.74) is 1.25. The van der Waals surface area contributed by atoms with Crippen LogP contribution in [0.4, 0.5) is 0 Å². The smallest absolute Gasteiger partial charge is 0.125 e. The summed E-state index contributed by atoms with van der Waals surface area (Å²) in [7, 11) is 1.77. The molecule has 1 atom stereocenters. The lowest BCUT2D eigenvalue weighted by molar-refractivity contribution is 0.124. The average molecular weight is 314 g/mol. The van der Waals surface area contributed by atoms with Crippen molar-refractivity contribution in [3.63, 3.8) is 0 Å². The van der Waals surface area contributed by atoms with Crippen LogP contribution < -0.4 is 5.32 Å². The molecule has 23 heavy (non-hydrogen) atoms. The van der Waals surface area contributed by atoms with Crippen LogP contribution in [0.15, 0.2) is 53.1 Å². The molecule has 4 nitrogen and oxygen atoms in total. The lowest BCUT2D eigenvalue weighted by Crippen LogP contribution is -2.44. The van der Waals surface area contributed by atoms with Crippen molar-refractivity contribution in [2.75, 3.05) is 33.4 Å². The summed E-state index contributed by atoms with van der Waals surface area (Å²) in [6.07, 6.45) is 4.07. The monoisotopic (exact) mass is 314 g/mol. The summed E-state index contributed by atoms with van der Waals surface area (Å²) in [5, 5.41) is 3.80. The number of nitrogens with zero attached hydrogens (tertiary/aromatic N) is 1. The molecular formula is C19H26N2O2. The van der Waals surface area contributed by atoms with Crippen LogP contribution in [0.25, 0.3) is 0 Å². The van der Waals surface area contributed by atoms with Gasteiger partial charge in [0.1, 0.15) is 5.76 Å². The first kappa shape index (κ1) is 16.2. The Balaban J connectivity index is 1.62. The van der Waals surface area contributed by atoms with Crippen molar-refractivity contribution in [1.82, 2.24) is 10.2 Å². The Hall–Kier alpha value is -1.62. The maximum Gasteiger partial charge on any atom is 0.125 e. The van der Waals surface area contributed by atoms with E-state index in [9.17, 15) is 0 Å². The molecule has 1 fully saturated rings. The molecule has 0 radical (unpaired) electrons. The predicted octanol–water partition coefficient (Wildman–Crippen LogP) is 3.07. The fraction of sp³-hybridized carbons (Fsp3) is 0.474. The molecule has 2 aromatic rings. The Labute approximate surface area is 138 Å². The van der Waals surface area contributed by atoms with Gasteiger partial charge in [0, 0.05) is 19.7 Å². The Bertz CT molecular complexity index is 548. The van der Waals surface area contributed by atoms with E-state index < -0.39 is 0 Å². The van der Waals surface area contributed by atoms with E-state index in [1.54, 1.807) is 13.4 Å². The van der Waals surface area contributed by atoms with E-state index in [2.05, 4.69) is 46.6 Å². The van der Waals surface area contributed by atoms with Crippen molar-refractivity contribution >= 4 is 0 Å². The number of furan rings is 1. The zero-order valence-electron chi connectivity index (χ0n) is 13.8. The topological polar surface area (TPSA) is 37.6 Å². The van der Waals surface area contributed by atoms with Gasteiger partial charge in [-0.05, 0) is 43.6 Å². The molecular weight excluding hydrogens is 288 g/mol. The minimum absolute atomic E-state index is 0.127. The zero-order valence-corrected chi connectivity index (χ0v) is 13.8. The fourth-order valence-corrected chi connectivity index (χ4v) is 3.22. The number of piperidine rings is 1. The highest BCUT2D eigenvalue weighted by molar-refractivity contribution is 5.26. The molecule has 1 aromatic carbocycles. The van der Waals surface area contributed by atoms with Gasteiger partial charge < -0.3 is 19.4 Å². The molecule has 1 aromatic heterocycles. The number of rotatable bonds is 7. The SMILES string of the molecule is COCCN1CCC(N[C@@H](c2ccccc2)c2ccco2)CC1. The van der Waals surface area contributed by atoms with Crippen molar-refractivity contribution in [2.24, 2.45) is 0 Å². The molecule has 1 N–H and O–H groups in total. The number of ether oxygens (including phenoxy) is 1. The fourth-order valence-electron chi connectivity index (χ4n) is 3.22. The average Bonchev–Trinajstić information content (AvgIpc) is 3.14. The Morgan fingerprint density at radius 1 is 1.17 bits per heavy atom. The van der Waals surface area contributed by atoms with Crippen LogP contribution in [0.3, 0.4) is 0 Å². The zero-order chi connectivity index (χ0) is 15.9. The van der Waals surface area contributed by atoms with Gasteiger partial charge in [-0.2, -0.15) is 0 Å². The lowest BCUT2D eigenvalue weighted by atomic mass is 9.99. The second-order valence-corrected chi connectivity index (χ2v) is 6.13. The predicted molar refractivity (Wildman–Crippen MR) is 91.5 cm³/mol. The van der Waals surface area contributed by atoms with Crippen LogP contribution in [0.1, 0.15) is 30.2 Å². The number of likely N-dealkylation sites (tertiary alicyclic amines) is 1. The standard InChI is InChI=1S/C19H26N2O2/c1-22-15-13-21-11-9-17(10-12-21)20-19(18-8-5-14-23-18)16-6-3-2-4-7-16/h2-8,14,17,19-20H,9-13,15H2,1H3/t19-/m0/s1. The minimum Gasteiger partial charge on any atom is -0.467 e. The molecule has 1 saturated heterocycles. The number of nitrogens with one attached hydrogen (secondary N) is 1. The van der Waals surface area contributed by atoms with E-state index in [4.69, 9.17) is 9.15 Å². The van der Waals surface area contributed by atoms with Gasteiger partial charge in [0.15, 0.2) is 0 Å². The van der Waals surface area contributed by atoms with Crippen molar-refractivity contribution in [3.8, 4) is 0 Å². The molecule has 0 bridgehead atoms. The second-order valence-electron chi connectivity index (χ2n) is 6.13. The molecule has 4 heteroatoms. The molecule has 124 valence electrons. The van der Waals surface area contributed by atoms with Crippen LogP contribution in [0.2, 0.25) is 0 Å². The van der Waals surface area contributed by atoms with Crippen LogP contribution in [-0.2, 0) is 4.74 Å². The van der Waals surface area contributed by atoms with Crippen molar-refractivity contribution in [3.05, 3.63) is 60.1 Å². The molecule has 0 aliphatic carbocycles. The summed E-state index contributed by atoms with van der Waals surface area (Å²) >= 11 is 0. The van der Waals surface area contributed by atoms with Crippen molar-refractivity contribution < 1.29 is 9.15 Å². The van der Waals surface area contributed by atoms with E-state index in [1.165, 1.54) is 5.56 Å². The van der Waals surface area contributed by atoms with Crippen LogP contribution in [-0.4, -0.2) is 44.3 Å². The van der Waals surface area contributed by atoms with Gasteiger partial charge in [-0.1, -0.05) is 30.3 Å². The first-order valence-electron chi connectivity index (χ1n) is 8.42. The highest BCUT2D eigenvalue weighted by atomic mass is 16.5. The van der Waals surface area contributed by atoms with Crippen LogP contribution >= 0.6 is 0 Å². The molecule has 1 aliphatic heterocycles. The van der Waals surface area contributed by atoms with Gasteiger partial charge in [0.05, 0.1) is 18.9 Å². The summed E-state index contributed by atoms with van der Waals surface area (Å²) < 4.78 is 10.8. The molecule has 2 heterocycles. The molecule has 0 amide bonds. The van der Waals surface area contributed by atoms with E-state index >= 15 is 0 Å². The first-order chi connectivity index (χ1) is 11.4. The highest BCUT2D eigenvalue weighted by Gasteiger charge is 2.24. The van der Waals surface area contributed by atoms with Crippen LogP contribution in [0, 0.1) is 0 Å². The molecule has 0 spiro atoms. The Kier molecular flexibility index (Phi) is 5.86. The van der Waals surface area contributed by atoms with Gasteiger partial charge in [-0.3, -0.25) is 0 Å². The number of hydrogen-bond acceptors (Lipinski definition) is 4. The third-order valence-corrected chi connectivity index (χ3v) is 4.56. The largest absolute Gasteiger partial charge is 0.467 e. The number of methoxy groups -OCH3 is 1. The van der Waals surface area contributed by atoms with E-state index in [0.717, 1.165) is 44.8 Å². The second kappa shape index (κ2) is 8.29. The van der Waals surface area contributed by atoms with Crippen molar-refractivity contribution in [1.29, 1.82) is 0 Å². The Morgan fingerprint density at radius 2 is 1.96 bits per heavy atom. The maximum atomic E-state index is 5.68. The van der Waals surface area contributed by atoms with E-state index in [-0.39, 0.29) is 6.04 Å². The van der Waals surface area contributed by atoms with Gasteiger partial charge >= 0.3 is 0 Å². The summed E-state index contributed by atoms with van der Waals surface area (Å²) in [4.78, 5) is 2.48. The summed E-state index contributed by atoms with van der Waals surface area (Å²) in [6, 6.07) is 15.2. The van der Waals surface area contributed by atoms with Gasteiger partial charge in [0.2, 0.25) is 0 Å². The third kappa shape index (κ3) is 4.44. The molecule has 3 rings (SSSR count). The van der Waals surface area contributed by atoms with E-state index in [0.29, 0.717) is 6.04 Å². The van der Waals surface area contributed by atoms with Gasteiger partial charge in [-0.25, -0.2) is 0 Å². The van der Waals surface area contributed by atoms with Crippen LogP contribution in [0.5, 0.6) is 0 Å². The third-order valence-electron chi connectivity index (χ3n) is 4.56. The molecule has 1 aliphatic rings. The lowest BCUT2D eigenvalue weighted by Gasteiger charge is -2.34. The summed E-state index contributed by atoms with van der Waals surface area (Å²) in [6.45, 7) is 4.10. The first-order valence-corrected chi connectivity index (χ1v) is 8.42. The highest BCUT2D eigenvalue weighted by Crippen LogP contribution is 2.24.